The lowest BCUT2D eigenvalue weighted by Crippen LogP contribution is -2.28. The molecule has 0 radical (unpaired) electrons. The Labute approximate surface area is 129 Å². The van der Waals surface area contributed by atoms with Crippen LogP contribution in [0.25, 0.3) is 0 Å². The summed E-state index contributed by atoms with van der Waals surface area (Å²) in [4.78, 5) is 16.2. The van der Waals surface area contributed by atoms with Crippen LogP contribution in [-0.2, 0) is 11.3 Å². The van der Waals surface area contributed by atoms with Crippen LogP contribution in [0.3, 0.4) is 0 Å². The molecule has 2 aromatic rings. The molecule has 0 fully saturated rings. The first-order valence-corrected chi connectivity index (χ1v) is 7.83. The summed E-state index contributed by atoms with van der Waals surface area (Å²) in [6, 6.07) is 7.63. The Hall–Kier alpha value is -1.88. The molecule has 112 valence electrons. The van der Waals surface area contributed by atoms with Crippen molar-refractivity contribution in [3.05, 3.63) is 45.9 Å². The van der Waals surface area contributed by atoms with Crippen molar-refractivity contribution in [3.8, 4) is 5.75 Å². The van der Waals surface area contributed by atoms with Crippen molar-refractivity contribution in [1.29, 1.82) is 0 Å². The van der Waals surface area contributed by atoms with Crippen molar-refractivity contribution in [2.75, 3.05) is 6.61 Å². The van der Waals surface area contributed by atoms with Crippen LogP contribution in [0.15, 0.2) is 29.6 Å². The molecule has 0 aliphatic rings. The van der Waals surface area contributed by atoms with Gasteiger partial charge in [-0.2, -0.15) is 0 Å². The number of nitrogens with one attached hydrogen (secondary N) is 1. The first-order chi connectivity index (χ1) is 10.0. The Balaban J connectivity index is 1.75. The van der Waals surface area contributed by atoms with Crippen LogP contribution in [0.1, 0.15) is 36.0 Å². The van der Waals surface area contributed by atoms with Gasteiger partial charge >= 0.3 is 0 Å². The molecule has 0 unspecified atom stereocenters. The zero-order chi connectivity index (χ0) is 15.2. The van der Waals surface area contributed by atoms with E-state index >= 15 is 0 Å². The van der Waals surface area contributed by atoms with Gasteiger partial charge in [0, 0.05) is 11.3 Å². The number of carbonyl (C=O) groups excluding carboxylic acids is 1. The number of hydrogen-bond acceptors (Lipinski definition) is 4. The number of aromatic nitrogens is 1. The van der Waals surface area contributed by atoms with Crippen LogP contribution >= 0.6 is 11.3 Å². The fourth-order valence-electron chi connectivity index (χ4n) is 1.69. The van der Waals surface area contributed by atoms with E-state index in [1.165, 1.54) is 0 Å². The van der Waals surface area contributed by atoms with E-state index in [1.54, 1.807) is 11.3 Å². The van der Waals surface area contributed by atoms with E-state index in [9.17, 15) is 4.79 Å². The maximum absolute atomic E-state index is 11.7. The third kappa shape index (κ3) is 4.86. The van der Waals surface area contributed by atoms with E-state index in [2.05, 4.69) is 24.1 Å². The normalized spacial score (nSPS) is 10.7. The number of thiazole rings is 1. The van der Waals surface area contributed by atoms with Gasteiger partial charge in [0.25, 0.3) is 5.91 Å². The number of rotatable bonds is 6. The second-order valence-corrected chi connectivity index (χ2v) is 6.10. The minimum Gasteiger partial charge on any atom is -0.484 e. The molecule has 0 saturated carbocycles. The Kier molecular flexibility index (Phi) is 5.33. The average Bonchev–Trinajstić information content (AvgIpc) is 2.93. The van der Waals surface area contributed by atoms with Crippen LogP contribution in [0.2, 0.25) is 0 Å². The number of hydrogen-bond donors (Lipinski definition) is 1. The van der Waals surface area contributed by atoms with Crippen LogP contribution < -0.4 is 10.1 Å². The van der Waals surface area contributed by atoms with Gasteiger partial charge in [0.05, 0.1) is 17.2 Å². The van der Waals surface area contributed by atoms with Gasteiger partial charge in [0.2, 0.25) is 0 Å². The van der Waals surface area contributed by atoms with Crippen molar-refractivity contribution >= 4 is 17.2 Å². The van der Waals surface area contributed by atoms with Gasteiger partial charge in [0.15, 0.2) is 6.61 Å². The quantitative estimate of drug-likeness (QED) is 0.891. The van der Waals surface area contributed by atoms with Gasteiger partial charge in [-0.1, -0.05) is 31.5 Å². The van der Waals surface area contributed by atoms with E-state index in [0.29, 0.717) is 18.2 Å². The monoisotopic (exact) mass is 304 g/mol. The van der Waals surface area contributed by atoms with E-state index in [4.69, 9.17) is 4.74 Å². The molecular weight excluding hydrogens is 284 g/mol. The molecule has 0 aliphatic carbocycles. The minimum absolute atomic E-state index is 0.0181. The highest BCUT2D eigenvalue weighted by atomic mass is 32.1. The smallest absolute Gasteiger partial charge is 0.258 e. The zero-order valence-electron chi connectivity index (χ0n) is 12.6. The molecular formula is C16H20N2O2S. The molecule has 1 N–H and O–H groups in total. The number of amides is 1. The van der Waals surface area contributed by atoms with Gasteiger partial charge in [-0.15, -0.1) is 11.3 Å². The van der Waals surface area contributed by atoms with Gasteiger partial charge in [-0.05, 0) is 19.1 Å². The highest BCUT2D eigenvalue weighted by Gasteiger charge is 2.07. The van der Waals surface area contributed by atoms with Crippen molar-refractivity contribution in [1.82, 2.24) is 10.3 Å². The Morgan fingerprint density at radius 2 is 2.05 bits per heavy atom. The van der Waals surface area contributed by atoms with E-state index in [1.807, 2.05) is 36.6 Å². The predicted octanol–water partition coefficient (Wildman–Crippen LogP) is 3.27. The molecule has 4 nitrogen and oxygen atoms in total. The second kappa shape index (κ2) is 7.22. The summed E-state index contributed by atoms with van der Waals surface area (Å²) in [6.45, 7) is 6.69. The average molecular weight is 304 g/mol. The molecule has 0 aliphatic heterocycles. The highest BCUT2D eigenvalue weighted by Crippen LogP contribution is 2.18. The first kappa shape index (κ1) is 15.5. The van der Waals surface area contributed by atoms with Crippen molar-refractivity contribution in [2.24, 2.45) is 0 Å². The molecule has 2 rings (SSSR count). The molecule has 0 bridgehead atoms. The maximum Gasteiger partial charge on any atom is 0.258 e. The number of ether oxygens (including phenoxy) is 1. The SMILES string of the molecule is Cc1ccc(OCC(=O)NCc2csc(C(C)C)n2)cc1. The van der Waals surface area contributed by atoms with Gasteiger partial charge in [-0.25, -0.2) is 4.98 Å². The number of benzene rings is 1. The van der Waals surface area contributed by atoms with Gasteiger partial charge in [-0.3, -0.25) is 4.79 Å². The van der Waals surface area contributed by atoms with Crippen LogP contribution in [0.5, 0.6) is 5.75 Å². The second-order valence-electron chi connectivity index (χ2n) is 5.21. The van der Waals surface area contributed by atoms with Crippen LogP contribution in [0.4, 0.5) is 0 Å². The maximum atomic E-state index is 11.7. The predicted molar refractivity (Wildman–Crippen MR) is 84.7 cm³/mol. The molecule has 1 amide bonds. The molecule has 0 saturated heterocycles. The lowest BCUT2D eigenvalue weighted by atomic mass is 10.2. The van der Waals surface area contributed by atoms with Crippen molar-refractivity contribution in [2.45, 2.75) is 33.2 Å². The first-order valence-electron chi connectivity index (χ1n) is 6.95. The topological polar surface area (TPSA) is 51.2 Å². The molecule has 1 aromatic heterocycles. The Morgan fingerprint density at radius 1 is 1.33 bits per heavy atom. The van der Waals surface area contributed by atoms with Crippen molar-refractivity contribution < 1.29 is 9.53 Å². The summed E-state index contributed by atoms with van der Waals surface area (Å²) < 4.78 is 5.42. The summed E-state index contributed by atoms with van der Waals surface area (Å²) >= 11 is 1.63. The van der Waals surface area contributed by atoms with Gasteiger partial charge < -0.3 is 10.1 Å². The third-order valence-electron chi connectivity index (χ3n) is 2.92. The largest absolute Gasteiger partial charge is 0.484 e. The molecule has 0 spiro atoms. The van der Waals surface area contributed by atoms with Crippen LogP contribution in [-0.4, -0.2) is 17.5 Å². The fourth-order valence-corrected chi connectivity index (χ4v) is 2.53. The molecule has 1 aromatic carbocycles. The van der Waals surface area contributed by atoms with Crippen LogP contribution in [0, 0.1) is 6.92 Å². The van der Waals surface area contributed by atoms with E-state index in [-0.39, 0.29) is 12.5 Å². The lowest BCUT2D eigenvalue weighted by molar-refractivity contribution is -0.123. The van der Waals surface area contributed by atoms with E-state index in [0.717, 1.165) is 16.3 Å². The highest BCUT2D eigenvalue weighted by molar-refractivity contribution is 7.09. The fraction of sp³-hybridized carbons (Fsp3) is 0.375. The lowest BCUT2D eigenvalue weighted by Gasteiger charge is -2.06. The number of nitrogens with zero attached hydrogens (tertiary/aromatic N) is 1. The molecule has 1 heterocycles. The summed E-state index contributed by atoms with van der Waals surface area (Å²) in [5.74, 6) is 0.977. The molecule has 5 heteroatoms. The Bertz CT molecular complexity index is 591. The molecule has 0 atom stereocenters. The number of aryl methyl sites for hydroxylation is 1. The van der Waals surface area contributed by atoms with Crippen molar-refractivity contribution in [3.63, 3.8) is 0 Å². The number of carbonyl (C=O) groups is 1. The summed E-state index contributed by atoms with van der Waals surface area (Å²) in [5, 5.41) is 5.89. The molecule has 21 heavy (non-hydrogen) atoms. The zero-order valence-corrected chi connectivity index (χ0v) is 13.4. The van der Waals surface area contributed by atoms with E-state index < -0.39 is 0 Å². The summed E-state index contributed by atoms with van der Waals surface area (Å²) in [7, 11) is 0. The Morgan fingerprint density at radius 3 is 2.67 bits per heavy atom. The summed E-state index contributed by atoms with van der Waals surface area (Å²) in [6.07, 6.45) is 0. The van der Waals surface area contributed by atoms with Gasteiger partial charge in [0.1, 0.15) is 5.75 Å². The summed E-state index contributed by atoms with van der Waals surface area (Å²) in [5.41, 5.74) is 2.06. The minimum atomic E-state index is -0.144. The third-order valence-corrected chi connectivity index (χ3v) is 4.12. The standard InChI is InChI=1S/C16H20N2O2S/c1-11(2)16-18-13(10-21-16)8-17-15(19)9-20-14-6-4-12(3)5-7-14/h4-7,10-11H,8-9H2,1-3H3,(H,17,19).